The molecule has 1 amide bonds. The number of carbonyl (C=O) groups is 1. The van der Waals surface area contributed by atoms with Crippen molar-refractivity contribution < 1.29 is 13.9 Å². The van der Waals surface area contributed by atoms with Gasteiger partial charge in [-0.2, -0.15) is 0 Å². The Balaban J connectivity index is 1.91. The average Bonchev–Trinajstić information content (AvgIpc) is 2.97. The number of halogens is 1. The number of benzene rings is 1. The quantitative estimate of drug-likeness (QED) is 0.877. The van der Waals surface area contributed by atoms with Gasteiger partial charge in [0, 0.05) is 18.3 Å². The van der Waals surface area contributed by atoms with Crippen molar-refractivity contribution in [1.82, 2.24) is 5.32 Å². The molecule has 0 saturated carbocycles. The maximum atomic E-state index is 13.2. The summed E-state index contributed by atoms with van der Waals surface area (Å²) in [5.41, 5.74) is 1.35. The number of nitrogens with one attached hydrogen (secondary N) is 2. The summed E-state index contributed by atoms with van der Waals surface area (Å²) in [6, 6.07) is 4.11. The van der Waals surface area contributed by atoms with E-state index >= 15 is 0 Å². The minimum Gasteiger partial charge on any atom is -0.377 e. The first-order chi connectivity index (χ1) is 9.97. The molecule has 21 heavy (non-hydrogen) atoms. The average molecular weight is 294 g/mol. The van der Waals surface area contributed by atoms with E-state index in [0.717, 1.165) is 25.0 Å². The third kappa shape index (κ3) is 4.25. The van der Waals surface area contributed by atoms with Crippen molar-refractivity contribution in [1.29, 1.82) is 0 Å². The number of aryl methyl sites for hydroxylation is 1. The number of amides is 1. The number of carbonyl (C=O) groups excluding carboxylic acids is 1. The maximum Gasteiger partial charge on any atom is 0.241 e. The fourth-order valence-electron chi connectivity index (χ4n) is 2.54. The molecule has 5 heteroatoms. The Morgan fingerprint density at radius 3 is 2.86 bits per heavy atom. The molecule has 1 aliphatic heterocycles. The van der Waals surface area contributed by atoms with Gasteiger partial charge >= 0.3 is 0 Å². The molecule has 2 N–H and O–H groups in total. The van der Waals surface area contributed by atoms with E-state index in [0.29, 0.717) is 5.69 Å². The fourth-order valence-corrected chi connectivity index (χ4v) is 2.54. The van der Waals surface area contributed by atoms with Gasteiger partial charge in [0.25, 0.3) is 0 Å². The smallest absolute Gasteiger partial charge is 0.241 e. The molecular formula is C16H23FN2O2. The van der Waals surface area contributed by atoms with E-state index in [1.165, 1.54) is 12.1 Å². The molecule has 0 aliphatic carbocycles. The van der Waals surface area contributed by atoms with Crippen LogP contribution in [0.25, 0.3) is 0 Å². The summed E-state index contributed by atoms with van der Waals surface area (Å²) in [7, 11) is 0. The Morgan fingerprint density at radius 2 is 2.19 bits per heavy atom. The second kappa shape index (κ2) is 7.00. The standard InChI is InChI=1S/C16H23FN2O2/c1-10-6-7-13(17)9-14(10)19-16(20)12(3)18-11(2)15-5-4-8-21-15/h6-7,9,11-12,15,18H,4-5,8H2,1-3H3,(H,19,20)/t11-,12+,15+/m1/s1. The predicted molar refractivity (Wildman–Crippen MR) is 80.8 cm³/mol. The largest absolute Gasteiger partial charge is 0.377 e. The van der Waals surface area contributed by atoms with Crippen molar-refractivity contribution >= 4 is 11.6 Å². The number of anilines is 1. The van der Waals surface area contributed by atoms with E-state index in [1.54, 1.807) is 13.0 Å². The minimum absolute atomic E-state index is 0.113. The highest BCUT2D eigenvalue weighted by molar-refractivity contribution is 5.95. The first kappa shape index (κ1) is 15.9. The molecule has 3 atom stereocenters. The maximum absolute atomic E-state index is 13.2. The van der Waals surface area contributed by atoms with Crippen molar-refractivity contribution in [3.8, 4) is 0 Å². The molecule has 1 aliphatic rings. The molecule has 0 unspecified atom stereocenters. The molecule has 1 fully saturated rings. The first-order valence-corrected chi connectivity index (χ1v) is 7.42. The van der Waals surface area contributed by atoms with Gasteiger partial charge in [-0.25, -0.2) is 4.39 Å². The number of hydrogen-bond donors (Lipinski definition) is 2. The summed E-state index contributed by atoms with van der Waals surface area (Å²) in [6.45, 7) is 6.45. The van der Waals surface area contributed by atoms with Crippen LogP contribution in [0.15, 0.2) is 18.2 Å². The Morgan fingerprint density at radius 1 is 1.43 bits per heavy atom. The monoisotopic (exact) mass is 294 g/mol. The molecule has 116 valence electrons. The number of hydrogen-bond acceptors (Lipinski definition) is 3. The zero-order valence-electron chi connectivity index (χ0n) is 12.8. The SMILES string of the molecule is Cc1ccc(F)cc1NC(=O)[C@H](C)N[C@H](C)[C@@H]1CCCO1. The van der Waals surface area contributed by atoms with E-state index in [-0.39, 0.29) is 29.9 Å². The molecule has 0 aromatic heterocycles. The van der Waals surface area contributed by atoms with Gasteiger partial charge in [0.05, 0.1) is 12.1 Å². The number of rotatable bonds is 5. The highest BCUT2D eigenvalue weighted by atomic mass is 19.1. The van der Waals surface area contributed by atoms with Gasteiger partial charge < -0.3 is 15.4 Å². The fraction of sp³-hybridized carbons (Fsp3) is 0.562. The third-order valence-corrected chi connectivity index (χ3v) is 3.89. The lowest BCUT2D eigenvalue weighted by Gasteiger charge is -2.24. The van der Waals surface area contributed by atoms with Crippen LogP contribution in [-0.2, 0) is 9.53 Å². The van der Waals surface area contributed by atoms with E-state index < -0.39 is 0 Å². The lowest BCUT2D eigenvalue weighted by Crippen LogP contribution is -2.47. The van der Waals surface area contributed by atoms with E-state index in [1.807, 2.05) is 13.8 Å². The van der Waals surface area contributed by atoms with Crippen molar-refractivity contribution in [3.05, 3.63) is 29.6 Å². The molecule has 1 aromatic carbocycles. The lowest BCUT2D eigenvalue weighted by atomic mass is 10.1. The molecule has 0 radical (unpaired) electrons. The van der Waals surface area contributed by atoms with Gasteiger partial charge in [0.15, 0.2) is 0 Å². The van der Waals surface area contributed by atoms with Gasteiger partial charge in [-0.3, -0.25) is 4.79 Å². The Hall–Kier alpha value is -1.46. The van der Waals surface area contributed by atoms with Crippen molar-refractivity contribution in [2.75, 3.05) is 11.9 Å². The van der Waals surface area contributed by atoms with E-state index in [4.69, 9.17) is 4.74 Å². The van der Waals surface area contributed by atoms with Crippen LogP contribution >= 0.6 is 0 Å². The van der Waals surface area contributed by atoms with Crippen LogP contribution in [0.5, 0.6) is 0 Å². The topological polar surface area (TPSA) is 50.4 Å². The lowest BCUT2D eigenvalue weighted by molar-refractivity contribution is -0.118. The summed E-state index contributed by atoms with van der Waals surface area (Å²) >= 11 is 0. The Labute approximate surface area is 125 Å². The first-order valence-electron chi connectivity index (χ1n) is 7.42. The predicted octanol–water partition coefficient (Wildman–Crippen LogP) is 2.62. The summed E-state index contributed by atoms with van der Waals surface area (Å²) in [6.07, 6.45) is 2.25. The van der Waals surface area contributed by atoms with Crippen LogP contribution in [0.4, 0.5) is 10.1 Å². The van der Waals surface area contributed by atoms with Crippen LogP contribution in [0.3, 0.4) is 0 Å². The summed E-state index contributed by atoms with van der Waals surface area (Å²) in [5.74, 6) is -0.530. The van der Waals surface area contributed by atoms with Crippen LogP contribution < -0.4 is 10.6 Å². The highest BCUT2D eigenvalue weighted by Crippen LogP contribution is 2.17. The Kier molecular flexibility index (Phi) is 5.31. The summed E-state index contributed by atoms with van der Waals surface area (Å²) < 4.78 is 18.8. The van der Waals surface area contributed by atoms with Gasteiger partial charge in [-0.05, 0) is 51.3 Å². The van der Waals surface area contributed by atoms with Crippen LogP contribution in [0, 0.1) is 12.7 Å². The molecule has 0 spiro atoms. The van der Waals surface area contributed by atoms with Crippen molar-refractivity contribution in [2.45, 2.75) is 51.8 Å². The molecule has 4 nitrogen and oxygen atoms in total. The normalized spacial score (nSPS) is 21.0. The minimum atomic E-state index is -0.369. The van der Waals surface area contributed by atoms with Gasteiger partial charge in [0.1, 0.15) is 5.82 Å². The molecular weight excluding hydrogens is 271 g/mol. The summed E-state index contributed by atoms with van der Waals surface area (Å²) in [5, 5.41) is 6.01. The second-order valence-corrected chi connectivity index (χ2v) is 5.68. The van der Waals surface area contributed by atoms with E-state index in [2.05, 4.69) is 10.6 Å². The van der Waals surface area contributed by atoms with Gasteiger partial charge in [0.2, 0.25) is 5.91 Å². The molecule has 2 rings (SSSR count). The van der Waals surface area contributed by atoms with Crippen molar-refractivity contribution in [3.63, 3.8) is 0 Å². The van der Waals surface area contributed by atoms with Crippen LogP contribution in [0.1, 0.15) is 32.3 Å². The highest BCUT2D eigenvalue weighted by Gasteiger charge is 2.25. The van der Waals surface area contributed by atoms with Gasteiger partial charge in [-0.15, -0.1) is 0 Å². The van der Waals surface area contributed by atoms with Crippen LogP contribution in [0.2, 0.25) is 0 Å². The Bertz CT molecular complexity index is 501. The molecule has 1 saturated heterocycles. The third-order valence-electron chi connectivity index (χ3n) is 3.89. The van der Waals surface area contributed by atoms with Gasteiger partial charge in [-0.1, -0.05) is 6.07 Å². The van der Waals surface area contributed by atoms with E-state index in [9.17, 15) is 9.18 Å². The van der Waals surface area contributed by atoms with Crippen molar-refractivity contribution in [2.24, 2.45) is 0 Å². The molecule has 1 aromatic rings. The number of ether oxygens (including phenoxy) is 1. The van der Waals surface area contributed by atoms with Crippen LogP contribution in [-0.4, -0.2) is 30.7 Å². The molecule has 0 bridgehead atoms. The second-order valence-electron chi connectivity index (χ2n) is 5.68. The zero-order chi connectivity index (χ0) is 15.4. The zero-order valence-corrected chi connectivity index (χ0v) is 12.8. The molecule has 1 heterocycles. The summed E-state index contributed by atoms with van der Waals surface area (Å²) in [4.78, 5) is 12.2.